The third-order valence-corrected chi connectivity index (χ3v) is 4.43. The number of nitrogens with one attached hydrogen (secondary N) is 1. The number of nitrogens with zero attached hydrogens (tertiary/aromatic N) is 2. The van der Waals surface area contributed by atoms with Crippen LogP contribution < -0.4 is 0 Å². The Morgan fingerprint density at radius 1 is 1.24 bits per heavy atom. The quantitative estimate of drug-likeness (QED) is 0.833. The molecule has 1 unspecified atom stereocenters. The van der Waals surface area contributed by atoms with Crippen LogP contribution in [0.4, 0.5) is 0 Å². The highest BCUT2D eigenvalue weighted by atomic mass is 32.1. The zero-order chi connectivity index (χ0) is 15.5. The van der Waals surface area contributed by atoms with Gasteiger partial charge in [-0.15, -0.1) is 0 Å². The minimum Gasteiger partial charge on any atom is -0.387 e. The zero-order valence-electron chi connectivity index (χ0n) is 12.8. The van der Waals surface area contributed by atoms with Gasteiger partial charge in [-0.2, -0.15) is 0 Å². The van der Waals surface area contributed by atoms with Crippen LogP contribution in [0.2, 0.25) is 0 Å². The second-order valence-corrected chi connectivity index (χ2v) is 6.89. The van der Waals surface area contributed by atoms with E-state index in [1.54, 1.807) is 11.0 Å². The smallest absolute Gasteiger partial charge is 0.215 e. The molecule has 0 bridgehead atoms. The van der Waals surface area contributed by atoms with Gasteiger partial charge < -0.3 is 5.11 Å². The minimum absolute atomic E-state index is 0.262. The fourth-order valence-electron chi connectivity index (χ4n) is 2.34. The largest absolute Gasteiger partial charge is 0.387 e. The van der Waals surface area contributed by atoms with E-state index in [9.17, 15) is 5.11 Å². The van der Waals surface area contributed by atoms with Crippen molar-refractivity contribution < 1.29 is 5.11 Å². The van der Waals surface area contributed by atoms with Gasteiger partial charge >= 0.3 is 0 Å². The Balaban J connectivity index is 2.18. The Hall–Kier alpha value is -1.46. The van der Waals surface area contributed by atoms with E-state index in [4.69, 9.17) is 12.2 Å². The number of aliphatic hydroxyl groups is 1. The molecular weight excluding hydrogens is 282 g/mol. The average Bonchev–Trinajstić information content (AvgIpc) is 2.82. The number of rotatable bonds is 5. The molecular formula is C16H23N3OS. The van der Waals surface area contributed by atoms with Gasteiger partial charge in [0.1, 0.15) is 6.33 Å². The molecule has 0 radical (unpaired) electrons. The molecule has 2 aromatic rings. The SMILES string of the molecule is CC(C)(C)C(O)(CCc1ccccc1)Cn1[nH]cnc1=S. The van der Waals surface area contributed by atoms with Gasteiger partial charge in [0, 0.05) is 0 Å². The van der Waals surface area contributed by atoms with Crippen molar-refractivity contribution in [1.82, 2.24) is 14.8 Å². The van der Waals surface area contributed by atoms with Gasteiger partial charge in [-0.3, -0.25) is 9.78 Å². The van der Waals surface area contributed by atoms with Crippen molar-refractivity contribution in [2.45, 2.75) is 45.8 Å². The number of aromatic amines is 1. The number of hydrogen-bond acceptors (Lipinski definition) is 3. The van der Waals surface area contributed by atoms with Gasteiger partial charge in [-0.05, 0) is 36.0 Å². The molecule has 4 nitrogen and oxygen atoms in total. The van der Waals surface area contributed by atoms with Gasteiger partial charge in [0.15, 0.2) is 0 Å². The van der Waals surface area contributed by atoms with Crippen molar-refractivity contribution >= 4 is 12.2 Å². The molecule has 114 valence electrons. The summed E-state index contributed by atoms with van der Waals surface area (Å²) in [5.74, 6) is 0. The summed E-state index contributed by atoms with van der Waals surface area (Å²) in [6.45, 7) is 6.58. The summed E-state index contributed by atoms with van der Waals surface area (Å²) in [6, 6.07) is 10.2. The standard InChI is InChI=1S/C16H23N3OS/c1-15(2,3)16(20,11-19-14(21)17-12-18-19)10-9-13-7-5-4-6-8-13/h4-8,12,20H,9-11H2,1-3H3,(H,17,18,21). The third-order valence-electron chi connectivity index (χ3n) is 4.11. The molecule has 0 amide bonds. The van der Waals surface area contributed by atoms with Crippen molar-refractivity contribution in [1.29, 1.82) is 0 Å². The maximum Gasteiger partial charge on any atom is 0.215 e. The molecule has 0 spiro atoms. The fourth-order valence-corrected chi connectivity index (χ4v) is 2.51. The molecule has 1 heterocycles. The van der Waals surface area contributed by atoms with E-state index in [2.05, 4.69) is 43.0 Å². The van der Waals surface area contributed by atoms with Gasteiger partial charge in [0.2, 0.25) is 4.77 Å². The summed E-state index contributed by atoms with van der Waals surface area (Å²) in [5.41, 5.74) is 0.100. The molecule has 0 aliphatic rings. The number of aromatic nitrogens is 3. The van der Waals surface area contributed by atoms with E-state index in [-0.39, 0.29) is 5.41 Å². The van der Waals surface area contributed by atoms with Gasteiger partial charge in [0.05, 0.1) is 12.1 Å². The van der Waals surface area contributed by atoms with Crippen LogP contribution >= 0.6 is 12.2 Å². The van der Waals surface area contributed by atoms with Crippen LogP contribution in [-0.4, -0.2) is 25.5 Å². The lowest BCUT2D eigenvalue weighted by atomic mass is 9.73. The molecule has 1 aromatic carbocycles. The highest BCUT2D eigenvalue weighted by molar-refractivity contribution is 7.71. The normalized spacial score (nSPS) is 14.9. The van der Waals surface area contributed by atoms with E-state index in [0.717, 1.165) is 6.42 Å². The highest BCUT2D eigenvalue weighted by Gasteiger charge is 2.40. The van der Waals surface area contributed by atoms with E-state index in [0.29, 0.717) is 17.7 Å². The van der Waals surface area contributed by atoms with E-state index < -0.39 is 5.60 Å². The molecule has 1 atom stereocenters. The van der Waals surface area contributed by atoms with E-state index in [1.807, 2.05) is 18.2 Å². The lowest BCUT2D eigenvalue weighted by Gasteiger charge is -2.40. The lowest BCUT2D eigenvalue weighted by Crippen LogP contribution is -2.47. The predicted octanol–water partition coefficient (Wildman–Crippen LogP) is 3.35. The summed E-state index contributed by atoms with van der Waals surface area (Å²) < 4.78 is 2.20. The molecule has 0 saturated carbocycles. The van der Waals surface area contributed by atoms with E-state index >= 15 is 0 Å². The van der Waals surface area contributed by atoms with Crippen LogP contribution in [0.3, 0.4) is 0 Å². The molecule has 5 heteroatoms. The molecule has 1 aromatic heterocycles. The van der Waals surface area contributed by atoms with Crippen LogP contribution in [-0.2, 0) is 13.0 Å². The van der Waals surface area contributed by atoms with Crippen LogP contribution in [0, 0.1) is 10.2 Å². The predicted molar refractivity (Wildman–Crippen MR) is 86.6 cm³/mol. The molecule has 0 aliphatic carbocycles. The first-order valence-electron chi connectivity index (χ1n) is 7.18. The molecule has 21 heavy (non-hydrogen) atoms. The van der Waals surface area contributed by atoms with Crippen molar-refractivity contribution in [3.63, 3.8) is 0 Å². The number of H-pyrrole nitrogens is 1. The van der Waals surface area contributed by atoms with Crippen molar-refractivity contribution in [3.05, 3.63) is 47.0 Å². The summed E-state index contributed by atoms with van der Waals surface area (Å²) in [7, 11) is 0. The first-order valence-corrected chi connectivity index (χ1v) is 7.59. The summed E-state index contributed by atoms with van der Waals surface area (Å²) in [5, 5.41) is 14.2. The van der Waals surface area contributed by atoms with Crippen LogP contribution in [0.15, 0.2) is 36.7 Å². The summed E-state index contributed by atoms with van der Waals surface area (Å²) in [6.07, 6.45) is 3.06. The third kappa shape index (κ3) is 3.80. The van der Waals surface area contributed by atoms with Crippen molar-refractivity contribution in [3.8, 4) is 0 Å². The topological polar surface area (TPSA) is 53.8 Å². The first kappa shape index (κ1) is 15.9. The van der Waals surface area contributed by atoms with Gasteiger partial charge in [-0.1, -0.05) is 51.1 Å². The summed E-state index contributed by atoms with van der Waals surface area (Å²) in [4.78, 5) is 4.01. The Morgan fingerprint density at radius 3 is 2.43 bits per heavy atom. The molecule has 0 saturated heterocycles. The molecule has 2 N–H and O–H groups in total. The van der Waals surface area contributed by atoms with E-state index in [1.165, 1.54) is 5.56 Å². The fraction of sp³-hybridized carbons (Fsp3) is 0.500. The maximum absolute atomic E-state index is 11.2. The Bertz CT molecular complexity index is 627. The minimum atomic E-state index is -0.867. The second-order valence-electron chi connectivity index (χ2n) is 6.52. The van der Waals surface area contributed by atoms with Crippen molar-refractivity contribution in [2.24, 2.45) is 5.41 Å². The Kier molecular flexibility index (Phi) is 4.64. The average molecular weight is 305 g/mol. The lowest BCUT2D eigenvalue weighted by molar-refractivity contribution is -0.0798. The maximum atomic E-state index is 11.2. The van der Waals surface area contributed by atoms with Crippen LogP contribution in [0.1, 0.15) is 32.8 Å². The molecule has 0 fully saturated rings. The molecule has 2 rings (SSSR count). The monoisotopic (exact) mass is 305 g/mol. The van der Waals surface area contributed by atoms with Crippen molar-refractivity contribution in [2.75, 3.05) is 0 Å². The summed E-state index contributed by atoms with van der Waals surface area (Å²) >= 11 is 5.16. The Labute approximate surface area is 130 Å². The second kappa shape index (κ2) is 6.12. The number of aryl methyl sites for hydroxylation is 1. The highest BCUT2D eigenvalue weighted by Crippen LogP contribution is 2.35. The van der Waals surface area contributed by atoms with Crippen LogP contribution in [0.5, 0.6) is 0 Å². The zero-order valence-corrected chi connectivity index (χ0v) is 13.7. The Morgan fingerprint density at radius 2 is 1.90 bits per heavy atom. The number of benzene rings is 1. The van der Waals surface area contributed by atoms with Gasteiger partial charge in [-0.25, -0.2) is 4.98 Å². The van der Waals surface area contributed by atoms with Gasteiger partial charge in [0.25, 0.3) is 0 Å². The molecule has 0 aliphatic heterocycles. The first-order chi connectivity index (χ1) is 9.82. The number of hydrogen-bond donors (Lipinski definition) is 2. The van der Waals surface area contributed by atoms with Crippen LogP contribution in [0.25, 0.3) is 0 Å².